The normalized spacial score (nSPS) is 11.8. The highest BCUT2D eigenvalue weighted by Gasteiger charge is 2.11. The van der Waals surface area contributed by atoms with Crippen molar-refractivity contribution < 1.29 is 4.39 Å². The summed E-state index contributed by atoms with van der Waals surface area (Å²) in [5, 5.41) is 6.11. The van der Waals surface area contributed by atoms with Crippen molar-refractivity contribution in [2.75, 3.05) is 10.6 Å². The third-order valence-electron chi connectivity index (χ3n) is 3.58. The van der Waals surface area contributed by atoms with Gasteiger partial charge in [0.2, 0.25) is 5.95 Å². The van der Waals surface area contributed by atoms with Crippen LogP contribution in [0.2, 0.25) is 0 Å². The van der Waals surface area contributed by atoms with Gasteiger partial charge in [-0.25, -0.2) is 9.37 Å². The fraction of sp³-hybridized carbons (Fsp3) is 0.176. The maximum atomic E-state index is 13.0. The zero-order valence-electron chi connectivity index (χ0n) is 13.7. The van der Waals surface area contributed by atoms with Gasteiger partial charge in [-0.3, -0.25) is 9.78 Å². The fourth-order valence-electron chi connectivity index (χ4n) is 2.21. The Hall–Kier alpha value is -3.29. The van der Waals surface area contributed by atoms with E-state index in [1.54, 1.807) is 30.6 Å². The second kappa shape index (κ2) is 7.08. The van der Waals surface area contributed by atoms with Gasteiger partial charge in [-0.05, 0) is 38.1 Å². The Labute approximate surface area is 143 Å². The Bertz CT molecular complexity index is 925. The number of nitrogens with one attached hydrogen (secondary N) is 3. The molecular weight excluding hydrogens is 323 g/mol. The van der Waals surface area contributed by atoms with Crippen LogP contribution in [0.3, 0.4) is 0 Å². The average molecular weight is 340 g/mol. The molecule has 1 unspecified atom stereocenters. The molecule has 3 N–H and O–H groups in total. The number of anilines is 3. The lowest BCUT2D eigenvalue weighted by atomic mass is 10.2. The van der Waals surface area contributed by atoms with Crippen LogP contribution in [0.5, 0.6) is 0 Å². The second-order valence-corrected chi connectivity index (χ2v) is 5.53. The Balaban J connectivity index is 1.81. The van der Waals surface area contributed by atoms with Crippen LogP contribution >= 0.6 is 0 Å². The zero-order valence-corrected chi connectivity index (χ0v) is 13.7. The molecule has 0 spiro atoms. The highest BCUT2D eigenvalue weighted by atomic mass is 19.1. The highest BCUT2D eigenvalue weighted by Crippen LogP contribution is 2.20. The van der Waals surface area contributed by atoms with Crippen molar-refractivity contribution in [2.24, 2.45) is 0 Å². The van der Waals surface area contributed by atoms with Crippen LogP contribution in [0.25, 0.3) is 0 Å². The fourth-order valence-corrected chi connectivity index (χ4v) is 2.21. The quantitative estimate of drug-likeness (QED) is 0.661. The minimum atomic E-state index is -0.381. The van der Waals surface area contributed by atoms with Crippen molar-refractivity contribution >= 4 is 17.5 Å². The van der Waals surface area contributed by atoms with Gasteiger partial charge >= 0.3 is 0 Å². The lowest BCUT2D eigenvalue weighted by molar-refractivity contribution is 0.617. The van der Waals surface area contributed by atoms with Gasteiger partial charge in [0.05, 0.1) is 17.9 Å². The van der Waals surface area contributed by atoms with E-state index in [9.17, 15) is 9.18 Å². The highest BCUT2D eigenvalue weighted by molar-refractivity contribution is 5.55. The molecule has 3 heterocycles. The number of H-pyrrole nitrogens is 1. The molecule has 128 valence electrons. The third kappa shape index (κ3) is 3.97. The molecule has 3 aromatic rings. The van der Waals surface area contributed by atoms with Gasteiger partial charge in [-0.1, -0.05) is 0 Å². The predicted molar refractivity (Wildman–Crippen MR) is 93.3 cm³/mol. The number of halogens is 1. The summed E-state index contributed by atoms with van der Waals surface area (Å²) in [6.07, 6.45) is 4.38. The van der Waals surface area contributed by atoms with Gasteiger partial charge in [-0.15, -0.1) is 0 Å². The molecule has 0 fully saturated rings. The van der Waals surface area contributed by atoms with E-state index in [2.05, 4.69) is 30.6 Å². The van der Waals surface area contributed by atoms with Crippen LogP contribution in [-0.2, 0) is 0 Å². The molecule has 3 rings (SSSR count). The number of aromatic nitrogens is 4. The van der Waals surface area contributed by atoms with Gasteiger partial charge in [0.25, 0.3) is 5.56 Å². The second-order valence-electron chi connectivity index (χ2n) is 5.53. The van der Waals surface area contributed by atoms with Crippen molar-refractivity contribution in [1.82, 2.24) is 19.9 Å². The summed E-state index contributed by atoms with van der Waals surface area (Å²) in [6.45, 7) is 3.77. The molecule has 0 saturated carbocycles. The van der Waals surface area contributed by atoms with E-state index in [1.165, 1.54) is 12.3 Å². The molecule has 25 heavy (non-hydrogen) atoms. The van der Waals surface area contributed by atoms with Crippen molar-refractivity contribution in [3.05, 3.63) is 70.3 Å². The number of rotatable bonds is 5. The van der Waals surface area contributed by atoms with Crippen molar-refractivity contribution in [1.29, 1.82) is 0 Å². The smallest absolute Gasteiger partial charge is 0.271 e. The molecule has 0 amide bonds. The zero-order chi connectivity index (χ0) is 17.8. The summed E-state index contributed by atoms with van der Waals surface area (Å²) in [6, 6.07) is 6.15. The van der Waals surface area contributed by atoms with Crippen LogP contribution in [0, 0.1) is 12.7 Å². The first-order valence-corrected chi connectivity index (χ1v) is 7.69. The lowest BCUT2D eigenvalue weighted by Crippen LogP contribution is -2.14. The number of nitrogens with zero attached hydrogens (tertiary/aromatic N) is 3. The first-order valence-electron chi connectivity index (χ1n) is 7.69. The number of pyridine rings is 2. The molecule has 1 atom stereocenters. The van der Waals surface area contributed by atoms with E-state index < -0.39 is 0 Å². The molecule has 0 aliphatic heterocycles. The van der Waals surface area contributed by atoms with Crippen molar-refractivity contribution in [3.8, 4) is 0 Å². The van der Waals surface area contributed by atoms with Gasteiger partial charge in [-0.2, -0.15) is 4.98 Å². The van der Waals surface area contributed by atoms with Crippen LogP contribution < -0.4 is 16.2 Å². The predicted octanol–water partition coefficient (Wildman–Crippen LogP) is 2.92. The van der Waals surface area contributed by atoms with Gasteiger partial charge in [0.1, 0.15) is 17.3 Å². The Morgan fingerprint density at radius 3 is 2.76 bits per heavy atom. The minimum absolute atomic E-state index is 0.179. The molecule has 0 aliphatic carbocycles. The van der Waals surface area contributed by atoms with E-state index in [4.69, 9.17) is 0 Å². The third-order valence-corrected chi connectivity index (χ3v) is 3.58. The number of hydrogen-bond donors (Lipinski definition) is 3. The van der Waals surface area contributed by atoms with Crippen molar-refractivity contribution in [2.45, 2.75) is 19.9 Å². The lowest BCUT2D eigenvalue weighted by Gasteiger charge is -2.16. The Morgan fingerprint density at radius 1 is 1.20 bits per heavy atom. The SMILES string of the molecule is Cc1cnc(Nc2ccc[nH]c2=O)nc1NC(C)c1ccc(F)cn1. The molecule has 0 aromatic carbocycles. The molecule has 3 aromatic heterocycles. The van der Waals surface area contributed by atoms with Gasteiger partial charge in [0, 0.05) is 18.0 Å². The molecule has 8 heteroatoms. The van der Waals surface area contributed by atoms with Gasteiger partial charge < -0.3 is 15.6 Å². The molecule has 0 radical (unpaired) electrons. The number of hydrogen-bond acceptors (Lipinski definition) is 6. The maximum Gasteiger partial charge on any atom is 0.271 e. The monoisotopic (exact) mass is 340 g/mol. The summed E-state index contributed by atoms with van der Waals surface area (Å²) < 4.78 is 13.0. The molecular formula is C17H17FN6O. The van der Waals surface area contributed by atoms with Gasteiger partial charge in [0.15, 0.2) is 0 Å². The number of aromatic amines is 1. The summed E-state index contributed by atoms with van der Waals surface area (Å²) in [7, 11) is 0. The maximum absolute atomic E-state index is 13.0. The van der Waals surface area contributed by atoms with Crippen molar-refractivity contribution in [3.63, 3.8) is 0 Å². The first kappa shape index (κ1) is 16.6. The van der Waals surface area contributed by atoms with E-state index in [0.717, 1.165) is 5.56 Å². The standard InChI is InChI=1S/C17H17FN6O/c1-10-8-21-17(23-14-4-3-7-19-16(14)25)24-15(10)22-11(2)13-6-5-12(18)9-20-13/h3-9,11H,1-2H3,(H,19,25)(H2,21,22,23,24). The Kier molecular flexibility index (Phi) is 4.69. The molecule has 7 nitrogen and oxygen atoms in total. The van der Waals surface area contributed by atoms with Crippen LogP contribution in [-0.4, -0.2) is 19.9 Å². The first-order chi connectivity index (χ1) is 12.0. The summed E-state index contributed by atoms with van der Waals surface area (Å²) in [5.74, 6) is 0.515. The van der Waals surface area contributed by atoms with Crippen LogP contribution in [0.1, 0.15) is 24.2 Å². The number of aryl methyl sites for hydroxylation is 1. The largest absolute Gasteiger partial charge is 0.362 e. The topological polar surface area (TPSA) is 95.6 Å². The van der Waals surface area contributed by atoms with E-state index in [-0.39, 0.29) is 17.4 Å². The van der Waals surface area contributed by atoms with E-state index in [0.29, 0.717) is 23.1 Å². The van der Waals surface area contributed by atoms with Crippen LogP contribution in [0.4, 0.5) is 21.8 Å². The molecule has 0 saturated heterocycles. The minimum Gasteiger partial charge on any atom is -0.362 e. The van der Waals surface area contributed by atoms with E-state index >= 15 is 0 Å². The Morgan fingerprint density at radius 2 is 2.04 bits per heavy atom. The van der Waals surface area contributed by atoms with Crippen LogP contribution in [0.15, 0.2) is 47.7 Å². The van der Waals surface area contributed by atoms with E-state index in [1.807, 2.05) is 13.8 Å². The summed E-state index contributed by atoms with van der Waals surface area (Å²) in [4.78, 5) is 27.0. The average Bonchev–Trinajstić information content (AvgIpc) is 2.60. The summed E-state index contributed by atoms with van der Waals surface area (Å²) >= 11 is 0. The summed E-state index contributed by atoms with van der Waals surface area (Å²) in [5.41, 5.74) is 1.62. The molecule has 0 aliphatic rings. The molecule has 0 bridgehead atoms.